The molecule has 5 aromatic rings. The van der Waals surface area contributed by atoms with E-state index in [0.29, 0.717) is 54.5 Å². The molecule has 1 amide bonds. The topological polar surface area (TPSA) is 81.1 Å². The number of hydrogen-bond acceptors (Lipinski definition) is 6. The van der Waals surface area contributed by atoms with E-state index in [1.54, 1.807) is 22.9 Å². The molecule has 2 N–H and O–H groups in total. The van der Waals surface area contributed by atoms with E-state index in [-0.39, 0.29) is 12.5 Å². The Bertz CT molecular complexity index is 1940. The Balaban J connectivity index is 1.31. The lowest BCUT2D eigenvalue weighted by Gasteiger charge is -2.29. The Morgan fingerprint density at radius 2 is 1.65 bits per heavy atom. The van der Waals surface area contributed by atoms with Crippen molar-refractivity contribution in [3.05, 3.63) is 139 Å². The number of fused-ring (bicyclic) bond motifs is 1. The summed E-state index contributed by atoms with van der Waals surface area (Å²) in [6.45, 7) is 6.10. The second kappa shape index (κ2) is 13.8. The number of rotatable bonds is 9. The van der Waals surface area contributed by atoms with Gasteiger partial charge in [0.2, 0.25) is 11.1 Å². The minimum Gasteiger partial charge on any atom is -0.489 e. The van der Waals surface area contributed by atoms with Crippen LogP contribution in [0.2, 0.25) is 15.1 Å². The van der Waals surface area contributed by atoms with Crippen LogP contribution >= 0.6 is 46.6 Å². The molecular formula is C35H30Cl3N5O2S. The fraction of sp³-hybridized carbons (Fsp3) is 0.171. The van der Waals surface area contributed by atoms with Gasteiger partial charge in [-0.3, -0.25) is 4.79 Å². The van der Waals surface area contributed by atoms with Gasteiger partial charge >= 0.3 is 0 Å². The first kappa shape index (κ1) is 32.0. The van der Waals surface area contributed by atoms with Crippen molar-refractivity contribution in [1.82, 2.24) is 14.8 Å². The van der Waals surface area contributed by atoms with Gasteiger partial charge in [-0.1, -0.05) is 101 Å². The van der Waals surface area contributed by atoms with E-state index in [0.717, 1.165) is 27.9 Å². The van der Waals surface area contributed by atoms with Crippen molar-refractivity contribution in [1.29, 1.82) is 0 Å². The molecule has 1 aliphatic heterocycles. The number of nitrogens with zero attached hydrogens (tertiary/aromatic N) is 3. The summed E-state index contributed by atoms with van der Waals surface area (Å²) in [5.41, 5.74) is 6.60. The summed E-state index contributed by atoms with van der Waals surface area (Å²) in [7, 11) is 0. The first-order chi connectivity index (χ1) is 22.2. The van der Waals surface area contributed by atoms with Crippen molar-refractivity contribution in [2.24, 2.45) is 0 Å². The normalized spacial score (nSPS) is 14.1. The molecule has 4 aromatic carbocycles. The number of nitrogens with one attached hydrogen (secondary N) is 2. The smallest absolute Gasteiger partial charge is 0.255 e. The number of aromatic nitrogens is 3. The van der Waals surface area contributed by atoms with Crippen molar-refractivity contribution in [3.8, 4) is 5.75 Å². The van der Waals surface area contributed by atoms with E-state index >= 15 is 0 Å². The van der Waals surface area contributed by atoms with Crippen LogP contribution in [0.3, 0.4) is 0 Å². The Morgan fingerprint density at radius 1 is 0.935 bits per heavy atom. The van der Waals surface area contributed by atoms with Gasteiger partial charge in [0.1, 0.15) is 18.4 Å². The van der Waals surface area contributed by atoms with Gasteiger partial charge in [-0.05, 0) is 73.9 Å². The van der Waals surface area contributed by atoms with Gasteiger partial charge in [0.15, 0.2) is 0 Å². The van der Waals surface area contributed by atoms with E-state index in [9.17, 15) is 4.79 Å². The fourth-order valence-electron chi connectivity index (χ4n) is 5.27. The lowest BCUT2D eigenvalue weighted by molar-refractivity contribution is -0.113. The van der Waals surface area contributed by atoms with Crippen LogP contribution in [0.1, 0.15) is 40.8 Å². The predicted molar refractivity (Wildman–Crippen MR) is 187 cm³/mol. The minimum absolute atomic E-state index is 0.215. The summed E-state index contributed by atoms with van der Waals surface area (Å²) in [6.07, 6.45) is 0. The number of amides is 1. The summed E-state index contributed by atoms with van der Waals surface area (Å²) in [4.78, 5) is 18.8. The molecule has 1 aliphatic rings. The highest BCUT2D eigenvalue weighted by molar-refractivity contribution is 7.98. The molecule has 1 atom stereocenters. The van der Waals surface area contributed by atoms with E-state index in [2.05, 4.69) is 10.6 Å². The maximum Gasteiger partial charge on any atom is 0.255 e. The van der Waals surface area contributed by atoms with Crippen LogP contribution in [-0.4, -0.2) is 20.7 Å². The number of ether oxygens (including phenoxy) is 1. The van der Waals surface area contributed by atoms with E-state index < -0.39 is 6.04 Å². The molecular weight excluding hydrogens is 661 g/mol. The summed E-state index contributed by atoms with van der Waals surface area (Å²) in [5.74, 6) is 1.54. The van der Waals surface area contributed by atoms with Crippen LogP contribution in [0.25, 0.3) is 0 Å². The lowest BCUT2D eigenvalue weighted by atomic mass is 9.94. The third-order valence-electron chi connectivity index (χ3n) is 7.66. The predicted octanol–water partition coefficient (Wildman–Crippen LogP) is 9.65. The van der Waals surface area contributed by atoms with Gasteiger partial charge in [0.05, 0.1) is 5.57 Å². The fourth-order valence-corrected chi connectivity index (χ4v) is 6.89. The molecule has 1 aromatic heterocycles. The second-order valence-electron chi connectivity index (χ2n) is 10.9. The third kappa shape index (κ3) is 6.90. The quantitative estimate of drug-likeness (QED) is 0.150. The summed E-state index contributed by atoms with van der Waals surface area (Å²) >= 11 is 20.5. The number of aryl methyl sites for hydroxylation is 2. The molecule has 1 unspecified atom stereocenters. The van der Waals surface area contributed by atoms with Crippen molar-refractivity contribution in [2.45, 2.75) is 44.3 Å². The van der Waals surface area contributed by atoms with Crippen LogP contribution < -0.4 is 15.4 Å². The van der Waals surface area contributed by atoms with Gasteiger partial charge in [-0.2, -0.15) is 4.98 Å². The molecule has 46 heavy (non-hydrogen) atoms. The van der Waals surface area contributed by atoms with Crippen LogP contribution in [0.4, 0.5) is 11.6 Å². The molecule has 0 saturated carbocycles. The van der Waals surface area contributed by atoms with Gasteiger partial charge in [0, 0.05) is 37.8 Å². The summed E-state index contributed by atoms with van der Waals surface area (Å²) < 4.78 is 7.79. The monoisotopic (exact) mass is 689 g/mol. The van der Waals surface area contributed by atoms with Crippen LogP contribution in [0, 0.1) is 13.8 Å². The van der Waals surface area contributed by atoms with Crippen molar-refractivity contribution < 1.29 is 9.53 Å². The minimum atomic E-state index is -0.559. The first-order valence-corrected chi connectivity index (χ1v) is 16.6. The highest BCUT2D eigenvalue weighted by atomic mass is 35.5. The second-order valence-corrected chi connectivity index (χ2v) is 13.1. The Morgan fingerprint density at radius 3 is 2.37 bits per heavy atom. The Labute approximate surface area is 286 Å². The lowest BCUT2D eigenvalue weighted by Crippen LogP contribution is -2.31. The Hall–Kier alpha value is -3.95. The molecule has 7 nitrogen and oxygen atoms in total. The number of hydrogen-bond donors (Lipinski definition) is 2. The molecule has 6 rings (SSSR count). The molecule has 0 aliphatic carbocycles. The van der Waals surface area contributed by atoms with Crippen LogP contribution in [0.5, 0.6) is 5.75 Å². The zero-order valence-corrected chi connectivity index (χ0v) is 28.4. The number of allylic oxidation sites excluding steroid dienone is 1. The average molecular weight is 691 g/mol. The van der Waals surface area contributed by atoms with Crippen LogP contribution in [0.15, 0.2) is 101 Å². The molecule has 2 heterocycles. The number of carbonyl (C=O) groups is 1. The zero-order valence-electron chi connectivity index (χ0n) is 25.3. The van der Waals surface area contributed by atoms with Crippen LogP contribution in [-0.2, 0) is 17.2 Å². The average Bonchev–Trinajstić information content (AvgIpc) is 3.43. The number of anilines is 2. The first-order valence-electron chi connectivity index (χ1n) is 14.5. The van der Waals surface area contributed by atoms with Gasteiger partial charge in [-0.15, -0.1) is 5.10 Å². The standard InChI is InChI=1S/C35H30Cl3N5O2S/c1-20-11-16-30(21(2)17-20)40-33(44)31-22(3)39-34-41-35(46-19-24-7-4-5-8-27(24)36)42-43(34)32(31)23-12-14-25(15-13-23)45-18-26-28(37)9-6-10-29(26)38/h4-17,32H,18-19H2,1-3H3,(H,40,44)(H,39,41,42). The molecule has 11 heteroatoms. The molecule has 0 saturated heterocycles. The SMILES string of the molecule is CC1=C(C(=O)Nc2ccc(C)cc2C)C(c2ccc(OCc3c(Cl)cccc3Cl)cc2)n2nc(SCc3ccccc3Cl)nc2N1. The summed E-state index contributed by atoms with van der Waals surface area (Å²) in [5, 5.41) is 13.6. The Kier molecular flexibility index (Phi) is 9.61. The highest BCUT2D eigenvalue weighted by Gasteiger charge is 2.34. The largest absolute Gasteiger partial charge is 0.489 e. The van der Waals surface area contributed by atoms with E-state index in [4.69, 9.17) is 49.6 Å². The number of benzene rings is 4. The number of thioether (sulfide) groups is 1. The van der Waals surface area contributed by atoms with Gasteiger partial charge < -0.3 is 15.4 Å². The molecule has 234 valence electrons. The molecule has 0 spiro atoms. The molecule has 0 bridgehead atoms. The van der Waals surface area contributed by atoms with Gasteiger partial charge in [-0.25, -0.2) is 4.68 Å². The van der Waals surface area contributed by atoms with Crippen molar-refractivity contribution in [3.63, 3.8) is 0 Å². The van der Waals surface area contributed by atoms with Crippen molar-refractivity contribution >= 4 is 64.1 Å². The number of halogens is 3. The number of carbonyl (C=O) groups excluding carboxylic acids is 1. The van der Waals surface area contributed by atoms with Crippen molar-refractivity contribution in [2.75, 3.05) is 10.6 Å². The van der Waals surface area contributed by atoms with Gasteiger partial charge in [0.25, 0.3) is 5.91 Å². The van der Waals surface area contributed by atoms with E-state index in [1.807, 2.05) is 87.5 Å². The summed E-state index contributed by atoms with van der Waals surface area (Å²) in [6, 6.07) is 26.0. The maximum absolute atomic E-state index is 14.0. The maximum atomic E-state index is 14.0. The zero-order chi connectivity index (χ0) is 32.4. The third-order valence-corrected chi connectivity index (χ3v) is 9.63. The molecule has 0 radical (unpaired) electrons. The molecule has 0 fully saturated rings. The highest BCUT2D eigenvalue weighted by Crippen LogP contribution is 2.38. The van der Waals surface area contributed by atoms with E-state index in [1.165, 1.54) is 11.8 Å².